The molecule has 0 spiro atoms. The van der Waals surface area contributed by atoms with Gasteiger partial charge in [0.25, 0.3) is 0 Å². The van der Waals surface area contributed by atoms with Gasteiger partial charge in [-0.2, -0.15) is 0 Å². The standard InChI is InChI=1S/C15H33NO2S/c1-4-6-7-8-9-10-12-15(16-5-2)13-11-14-19(3,17)18/h15-16H,4-14H2,1-3H3. The van der Waals surface area contributed by atoms with Gasteiger partial charge in [-0.3, -0.25) is 0 Å². The fraction of sp³-hybridized carbons (Fsp3) is 1.00. The lowest BCUT2D eigenvalue weighted by molar-refractivity contribution is 0.435. The minimum absolute atomic E-state index is 0.325. The molecule has 0 bridgehead atoms. The van der Waals surface area contributed by atoms with Crippen LogP contribution in [0.25, 0.3) is 0 Å². The highest BCUT2D eigenvalue weighted by atomic mass is 32.2. The summed E-state index contributed by atoms with van der Waals surface area (Å²) in [6.07, 6.45) is 12.2. The molecule has 19 heavy (non-hydrogen) atoms. The van der Waals surface area contributed by atoms with E-state index >= 15 is 0 Å². The van der Waals surface area contributed by atoms with Crippen molar-refractivity contribution in [2.24, 2.45) is 0 Å². The highest BCUT2D eigenvalue weighted by Gasteiger charge is 2.09. The second-order valence-electron chi connectivity index (χ2n) is 5.58. The van der Waals surface area contributed by atoms with Gasteiger partial charge >= 0.3 is 0 Å². The molecule has 0 fully saturated rings. The lowest BCUT2D eigenvalue weighted by Crippen LogP contribution is -2.29. The maximum Gasteiger partial charge on any atom is 0.147 e. The topological polar surface area (TPSA) is 46.2 Å². The lowest BCUT2D eigenvalue weighted by atomic mass is 10.0. The second-order valence-corrected chi connectivity index (χ2v) is 7.84. The summed E-state index contributed by atoms with van der Waals surface area (Å²) in [5.41, 5.74) is 0. The summed E-state index contributed by atoms with van der Waals surface area (Å²) in [6, 6.07) is 0.498. The first kappa shape index (κ1) is 18.9. The summed E-state index contributed by atoms with van der Waals surface area (Å²) < 4.78 is 22.2. The van der Waals surface area contributed by atoms with Crippen LogP contribution in [0.5, 0.6) is 0 Å². The van der Waals surface area contributed by atoms with E-state index in [1.54, 1.807) is 0 Å². The van der Waals surface area contributed by atoms with Crippen molar-refractivity contribution in [1.29, 1.82) is 0 Å². The Morgan fingerprint density at radius 3 is 2.05 bits per heavy atom. The summed E-state index contributed by atoms with van der Waals surface area (Å²) in [6.45, 7) is 5.33. The Hall–Kier alpha value is -0.0900. The smallest absolute Gasteiger partial charge is 0.147 e. The number of sulfone groups is 1. The van der Waals surface area contributed by atoms with E-state index in [-0.39, 0.29) is 0 Å². The minimum atomic E-state index is -2.80. The van der Waals surface area contributed by atoms with Gasteiger partial charge in [0.2, 0.25) is 0 Å². The van der Waals surface area contributed by atoms with Crippen LogP contribution in [-0.4, -0.2) is 33.0 Å². The molecule has 0 aliphatic carbocycles. The Labute approximate surface area is 120 Å². The highest BCUT2D eigenvalue weighted by molar-refractivity contribution is 7.90. The van der Waals surface area contributed by atoms with Gasteiger partial charge in [-0.1, -0.05) is 52.4 Å². The molecule has 0 amide bonds. The van der Waals surface area contributed by atoms with Crippen molar-refractivity contribution >= 4 is 9.84 Å². The van der Waals surface area contributed by atoms with Crippen molar-refractivity contribution in [3.63, 3.8) is 0 Å². The minimum Gasteiger partial charge on any atom is -0.314 e. The largest absolute Gasteiger partial charge is 0.314 e. The normalized spacial score (nSPS) is 13.6. The van der Waals surface area contributed by atoms with Crippen molar-refractivity contribution in [2.45, 2.75) is 77.7 Å². The Kier molecular flexibility index (Phi) is 11.7. The molecular formula is C15H33NO2S. The zero-order valence-corrected chi connectivity index (χ0v) is 13.9. The number of unbranched alkanes of at least 4 members (excludes halogenated alkanes) is 5. The summed E-state index contributed by atoms with van der Waals surface area (Å²) in [4.78, 5) is 0. The van der Waals surface area contributed by atoms with E-state index in [9.17, 15) is 8.42 Å². The summed E-state index contributed by atoms with van der Waals surface area (Å²) in [5.74, 6) is 0.325. The van der Waals surface area contributed by atoms with Gasteiger partial charge in [-0.15, -0.1) is 0 Å². The molecule has 4 heteroatoms. The van der Waals surface area contributed by atoms with Crippen LogP contribution in [0.3, 0.4) is 0 Å². The van der Waals surface area contributed by atoms with Crippen LogP contribution < -0.4 is 5.32 Å². The van der Waals surface area contributed by atoms with Crippen molar-refractivity contribution in [3.05, 3.63) is 0 Å². The predicted octanol–water partition coefficient (Wildman–Crippen LogP) is 3.54. The van der Waals surface area contributed by atoms with E-state index in [0.29, 0.717) is 11.8 Å². The Morgan fingerprint density at radius 1 is 0.895 bits per heavy atom. The van der Waals surface area contributed by atoms with Gasteiger partial charge in [-0.25, -0.2) is 8.42 Å². The predicted molar refractivity (Wildman–Crippen MR) is 84.4 cm³/mol. The molecule has 0 aliphatic heterocycles. The van der Waals surface area contributed by atoms with Gasteiger partial charge < -0.3 is 5.32 Å². The van der Waals surface area contributed by atoms with E-state index in [1.807, 2.05) is 0 Å². The number of hydrogen-bond acceptors (Lipinski definition) is 3. The molecule has 0 saturated heterocycles. The fourth-order valence-electron chi connectivity index (χ4n) is 2.40. The van der Waals surface area contributed by atoms with Crippen LogP contribution in [0, 0.1) is 0 Å². The molecule has 0 heterocycles. The quantitative estimate of drug-likeness (QED) is 0.528. The molecule has 0 aromatic heterocycles. The van der Waals surface area contributed by atoms with Crippen LogP contribution in [0.2, 0.25) is 0 Å². The lowest BCUT2D eigenvalue weighted by Gasteiger charge is -2.17. The first-order valence-electron chi connectivity index (χ1n) is 7.90. The van der Waals surface area contributed by atoms with Crippen LogP contribution >= 0.6 is 0 Å². The van der Waals surface area contributed by atoms with Crippen LogP contribution in [0.1, 0.15) is 71.6 Å². The van der Waals surface area contributed by atoms with E-state index in [0.717, 1.165) is 19.4 Å². The molecule has 0 radical (unpaired) electrons. The summed E-state index contributed by atoms with van der Waals surface area (Å²) in [7, 11) is -2.80. The zero-order chi connectivity index (χ0) is 14.6. The maximum atomic E-state index is 11.1. The third-order valence-corrected chi connectivity index (χ3v) is 4.50. The third kappa shape index (κ3) is 14.1. The van der Waals surface area contributed by atoms with Crippen molar-refractivity contribution in [3.8, 4) is 0 Å². The van der Waals surface area contributed by atoms with Crippen LogP contribution in [0.15, 0.2) is 0 Å². The number of hydrogen-bond donors (Lipinski definition) is 1. The Morgan fingerprint density at radius 2 is 1.47 bits per heavy atom. The highest BCUT2D eigenvalue weighted by Crippen LogP contribution is 2.11. The molecule has 1 unspecified atom stereocenters. The molecule has 0 aliphatic rings. The molecule has 0 aromatic rings. The van der Waals surface area contributed by atoms with Crippen LogP contribution in [0.4, 0.5) is 0 Å². The monoisotopic (exact) mass is 291 g/mol. The molecule has 1 atom stereocenters. The van der Waals surface area contributed by atoms with E-state index < -0.39 is 9.84 Å². The summed E-state index contributed by atoms with van der Waals surface area (Å²) in [5, 5.41) is 3.48. The van der Waals surface area contributed by atoms with Crippen molar-refractivity contribution in [2.75, 3.05) is 18.6 Å². The van der Waals surface area contributed by atoms with E-state index in [2.05, 4.69) is 19.2 Å². The van der Waals surface area contributed by atoms with Gasteiger partial charge in [0.05, 0.1) is 0 Å². The fourth-order valence-corrected chi connectivity index (χ4v) is 3.09. The molecular weight excluding hydrogens is 258 g/mol. The molecule has 1 N–H and O–H groups in total. The average Bonchev–Trinajstić information content (AvgIpc) is 2.32. The maximum absolute atomic E-state index is 11.1. The van der Waals surface area contributed by atoms with Gasteiger partial charge in [0, 0.05) is 18.1 Å². The first-order valence-corrected chi connectivity index (χ1v) is 9.96. The zero-order valence-electron chi connectivity index (χ0n) is 13.1. The first-order chi connectivity index (χ1) is 8.99. The Bertz CT molecular complexity index is 289. The van der Waals surface area contributed by atoms with Crippen LogP contribution in [-0.2, 0) is 9.84 Å². The van der Waals surface area contributed by atoms with Crippen molar-refractivity contribution < 1.29 is 8.42 Å². The number of nitrogens with one attached hydrogen (secondary N) is 1. The van der Waals surface area contributed by atoms with Gasteiger partial charge in [0.15, 0.2) is 0 Å². The molecule has 0 saturated carbocycles. The summed E-state index contributed by atoms with van der Waals surface area (Å²) >= 11 is 0. The van der Waals surface area contributed by atoms with Gasteiger partial charge in [-0.05, 0) is 25.8 Å². The molecule has 0 aromatic carbocycles. The SMILES string of the molecule is CCCCCCCCC(CCCS(C)(=O)=O)NCC. The second kappa shape index (κ2) is 11.7. The van der Waals surface area contributed by atoms with E-state index in [4.69, 9.17) is 0 Å². The van der Waals surface area contributed by atoms with E-state index in [1.165, 1.54) is 51.2 Å². The van der Waals surface area contributed by atoms with Gasteiger partial charge in [0.1, 0.15) is 9.84 Å². The Balaban J connectivity index is 3.67. The average molecular weight is 292 g/mol. The molecule has 3 nitrogen and oxygen atoms in total. The third-order valence-electron chi connectivity index (χ3n) is 3.47. The number of rotatable bonds is 13. The van der Waals surface area contributed by atoms with Crippen molar-refractivity contribution in [1.82, 2.24) is 5.32 Å². The molecule has 116 valence electrons. The molecule has 0 rings (SSSR count).